The summed E-state index contributed by atoms with van der Waals surface area (Å²) in [5.74, 6) is -5.38. The Balaban J connectivity index is 5.33. The van der Waals surface area contributed by atoms with Crippen LogP contribution in [0, 0.1) is 0 Å². The molecule has 0 aromatic rings. The molecule has 0 aromatic heterocycles. The minimum absolute atomic E-state index is 2.49. The molecule has 14 heavy (non-hydrogen) atoms. The number of carbonyl (C=O) groups is 2. The Bertz CT molecular complexity index is 261. The van der Waals surface area contributed by atoms with E-state index in [9.17, 15) is 22.8 Å². The highest BCUT2D eigenvalue weighted by molar-refractivity contribution is 5.87. The Morgan fingerprint density at radius 1 is 1.14 bits per heavy atom. The molecule has 0 saturated carbocycles. The van der Waals surface area contributed by atoms with Crippen LogP contribution in [0.4, 0.5) is 13.2 Å². The van der Waals surface area contributed by atoms with Crippen LogP contribution in [0.1, 0.15) is 0 Å². The van der Waals surface area contributed by atoms with Gasteiger partial charge in [-0.2, -0.15) is 13.2 Å². The molecule has 0 aliphatic heterocycles. The van der Waals surface area contributed by atoms with Crippen molar-refractivity contribution in [2.24, 2.45) is 0 Å². The fourth-order valence-electron chi connectivity index (χ4n) is 0.572. The number of carboxylic acid groups (broad SMARTS) is 2. The number of aliphatic carboxylic acids is 2. The molecule has 82 valence electrons. The first-order chi connectivity index (χ1) is 6.05. The first-order valence-corrected chi connectivity index (χ1v) is 2.98. The van der Waals surface area contributed by atoms with E-state index in [2.05, 4.69) is 0 Å². The maximum Gasteiger partial charge on any atom is 0.431 e. The summed E-state index contributed by atoms with van der Waals surface area (Å²) < 4.78 is 35.7. The minimum Gasteiger partial charge on any atom is -0.479 e. The summed E-state index contributed by atoms with van der Waals surface area (Å²) in [4.78, 5) is 19.9. The van der Waals surface area contributed by atoms with Gasteiger partial charge in [0.1, 0.15) is 0 Å². The molecule has 0 radical (unpaired) electrons. The van der Waals surface area contributed by atoms with Gasteiger partial charge in [-0.3, -0.25) is 0 Å². The number of rotatable bonds is 3. The van der Waals surface area contributed by atoms with Crippen LogP contribution in [0.2, 0.25) is 0 Å². The van der Waals surface area contributed by atoms with Crippen LogP contribution in [-0.2, 0) is 9.59 Å². The Labute approximate surface area is 74.2 Å². The lowest BCUT2D eigenvalue weighted by Crippen LogP contribution is -2.62. The normalized spacial score (nSPS) is 18.4. The van der Waals surface area contributed by atoms with Crippen molar-refractivity contribution in [2.75, 3.05) is 0 Å². The van der Waals surface area contributed by atoms with Crippen molar-refractivity contribution >= 4 is 11.9 Å². The zero-order valence-electron chi connectivity index (χ0n) is 6.32. The van der Waals surface area contributed by atoms with E-state index in [4.69, 9.17) is 20.4 Å². The molecule has 0 heterocycles. The van der Waals surface area contributed by atoms with Crippen molar-refractivity contribution in [3.8, 4) is 0 Å². The smallest absolute Gasteiger partial charge is 0.431 e. The molecule has 0 fully saturated rings. The van der Waals surface area contributed by atoms with Gasteiger partial charge in [0.2, 0.25) is 6.10 Å². The van der Waals surface area contributed by atoms with Gasteiger partial charge >= 0.3 is 18.1 Å². The quantitative estimate of drug-likeness (QED) is 0.473. The molecule has 9 heteroatoms. The van der Waals surface area contributed by atoms with Crippen LogP contribution in [0.25, 0.3) is 0 Å². The van der Waals surface area contributed by atoms with Crippen LogP contribution in [0.3, 0.4) is 0 Å². The number of carboxylic acids is 2. The average Bonchev–Trinajstić information content (AvgIpc) is 1.98. The van der Waals surface area contributed by atoms with Gasteiger partial charge in [0.25, 0.3) is 5.60 Å². The standard InChI is InChI=1S/C5H5F3O6/c6-5(7,8)4(14,3(12)13)1(9)2(10)11/h1,9,14H,(H,10,11)(H,12,13). The summed E-state index contributed by atoms with van der Waals surface area (Å²) in [6.07, 6.45) is -9.28. The van der Waals surface area contributed by atoms with Gasteiger partial charge in [-0.1, -0.05) is 0 Å². The number of aliphatic hydroxyl groups is 2. The van der Waals surface area contributed by atoms with E-state index in [0.717, 1.165) is 0 Å². The zero-order valence-corrected chi connectivity index (χ0v) is 6.32. The van der Waals surface area contributed by atoms with Crippen molar-refractivity contribution in [1.82, 2.24) is 0 Å². The van der Waals surface area contributed by atoms with E-state index >= 15 is 0 Å². The number of alkyl halides is 3. The molecule has 0 spiro atoms. The van der Waals surface area contributed by atoms with Crippen LogP contribution < -0.4 is 0 Å². The van der Waals surface area contributed by atoms with E-state index in [1.165, 1.54) is 0 Å². The minimum atomic E-state index is -5.80. The van der Waals surface area contributed by atoms with E-state index in [1.54, 1.807) is 0 Å². The van der Waals surface area contributed by atoms with Gasteiger partial charge < -0.3 is 20.4 Å². The van der Waals surface area contributed by atoms with Crippen molar-refractivity contribution in [1.29, 1.82) is 0 Å². The second kappa shape index (κ2) is 3.42. The van der Waals surface area contributed by atoms with Gasteiger partial charge in [-0.25, -0.2) is 9.59 Å². The van der Waals surface area contributed by atoms with Crippen LogP contribution >= 0.6 is 0 Å². The van der Waals surface area contributed by atoms with E-state index in [0.29, 0.717) is 0 Å². The Morgan fingerprint density at radius 2 is 1.50 bits per heavy atom. The zero-order chi connectivity index (χ0) is 11.7. The SMILES string of the molecule is O=C(O)C(O)C(O)(C(=O)O)C(F)(F)F. The van der Waals surface area contributed by atoms with Crippen molar-refractivity contribution in [3.63, 3.8) is 0 Å². The first-order valence-electron chi connectivity index (χ1n) is 2.98. The van der Waals surface area contributed by atoms with E-state index < -0.39 is 29.8 Å². The van der Waals surface area contributed by atoms with Crippen molar-refractivity contribution < 1.29 is 43.2 Å². The first kappa shape index (κ1) is 12.7. The number of hydrogen-bond donors (Lipinski definition) is 4. The maximum absolute atomic E-state index is 11.9. The van der Waals surface area contributed by atoms with Gasteiger partial charge in [0.15, 0.2) is 0 Å². The Hall–Kier alpha value is -1.35. The number of aliphatic hydroxyl groups excluding tert-OH is 1. The molecule has 0 aliphatic carbocycles. The third-order valence-corrected chi connectivity index (χ3v) is 1.39. The molecule has 0 aromatic carbocycles. The van der Waals surface area contributed by atoms with E-state index in [-0.39, 0.29) is 0 Å². The molecule has 6 nitrogen and oxygen atoms in total. The van der Waals surface area contributed by atoms with Crippen molar-refractivity contribution in [3.05, 3.63) is 0 Å². The fourth-order valence-corrected chi connectivity index (χ4v) is 0.572. The molecule has 4 N–H and O–H groups in total. The predicted molar refractivity (Wildman–Crippen MR) is 32.3 cm³/mol. The molecule has 0 bridgehead atoms. The number of hydrogen-bond acceptors (Lipinski definition) is 4. The summed E-state index contributed by atoms with van der Waals surface area (Å²) >= 11 is 0. The van der Waals surface area contributed by atoms with Crippen molar-refractivity contribution in [2.45, 2.75) is 17.9 Å². The second-order valence-corrected chi connectivity index (χ2v) is 2.31. The molecule has 0 aliphatic rings. The molecule has 0 saturated heterocycles. The van der Waals surface area contributed by atoms with Gasteiger partial charge in [-0.05, 0) is 0 Å². The van der Waals surface area contributed by atoms with Gasteiger partial charge in [-0.15, -0.1) is 0 Å². The highest BCUT2D eigenvalue weighted by Crippen LogP contribution is 2.33. The lowest BCUT2D eigenvalue weighted by atomic mass is 9.96. The Kier molecular flexibility index (Phi) is 3.09. The molecule has 0 rings (SSSR count). The Morgan fingerprint density at radius 3 is 1.57 bits per heavy atom. The monoisotopic (exact) mass is 218 g/mol. The lowest BCUT2D eigenvalue weighted by Gasteiger charge is -2.27. The summed E-state index contributed by atoms with van der Waals surface area (Å²) in [6.45, 7) is 0. The summed E-state index contributed by atoms with van der Waals surface area (Å²) in [7, 11) is 0. The lowest BCUT2D eigenvalue weighted by molar-refractivity contribution is -0.284. The molecule has 2 unspecified atom stereocenters. The van der Waals surface area contributed by atoms with Gasteiger partial charge in [0.05, 0.1) is 0 Å². The molecule has 2 atom stereocenters. The third kappa shape index (κ3) is 1.77. The summed E-state index contributed by atoms with van der Waals surface area (Å²) in [5, 5.41) is 32.9. The largest absolute Gasteiger partial charge is 0.479 e. The van der Waals surface area contributed by atoms with E-state index in [1.807, 2.05) is 0 Å². The van der Waals surface area contributed by atoms with Crippen LogP contribution in [0.5, 0.6) is 0 Å². The average molecular weight is 218 g/mol. The molecule has 0 amide bonds. The highest BCUT2D eigenvalue weighted by atomic mass is 19.4. The summed E-state index contributed by atoms with van der Waals surface area (Å²) in [6, 6.07) is 0. The highest BCUT2D eigenvalue weighted by Gasteiger charge is 2.67. The van der Waals surface area contributed by atoms with Gasteiger partial charge in [0, 0.05) is 0 Å². The fraction of sp³-hybridized carbons (Fsp3) is 0.600. The predicted octanol–water partition coefficient (Wildman–Crippen LogP) is -1.19. The van der Waals surface area contributed by atoms with Crippen LogP contribution in [-0.4, -0.2) is 50.2 Å². The number of halogens is 3. The third-order valence-electron chi connectivity index (χ3n) is 1.39. The summed E-state index contributed by atoms with van der Waals surface area (Å²) in [5.41, 5.74) is -4.71. The second-order valence-electron chi connectivity index (χ2n) is 2.31. The molecular formula is C5H5F3O6. The topological polar surface area (TPSA) is 115 Å². The molecular weight excluding hydrogens is 213 g/mol. The van der Waals surface area contributed by atoms with Crippen LogP contribution in [0.15, 0.2) is 0 Å². The maximum atomic E-state index is 11.9.